The van der Waals surface area contributed by atoms with Gasteiger partial charge in [0, 0.05) is 11.5 Å². The van der Waals surface area contributed by atoms with E-state index in [1.54, 1.807) is 0 Å². The number of aldehydes is 1. The van der Waals surface area contributed by atoms with E-state index in [4.69, 9.17) is 14.6 Å². The van der Waals surface area contributed by atoms with Crippen LogP contribution in [0.4, 0.5) is 0 Å². The molecule has 0 aliphatic heterocycles. The van der Waals surface area contributed by atoms with Crippen molar-refractivity contribution in [1.82, 2.24) is 0 Å². The average Bonchev–Trinajstić information content (AvgIpc) is 3.25. The van der Waals surface area contributed by atoms with Crippen molar-refractivity contribution < 1.29 is 29.0 Å². The minimum Gasteiger partial charge on any atom is -0.463 e. The largest absolute Gasteiger partial charge is 0.463 e. The first-order valence-corrected chi connectivity index (χ1v) is 31.5. The lowest BCUT2D eigenvalue weighted by Crippen LogP contribution is -2.66. The van der Waals surface area contributed by atoms with Gasteiger partial charge in [-0.2, -0.15) is 0 Å². The van der Waals surface area contributed by atoms with Crippen LogP contribution < -0.4 is 0 Å². The third-order valence-electron chi connectivity index (χ3n) is 24.0. The van der Waals surface area contributed by atoms with Crippen molar-refractivity contribution in [3.8, 4) is 0 Å². The molecular formula is C73H108O6. The standard InChI is InChI=1S/C18H26O2.C18H24O2.C13H20.C12H20O.C12H18O/c2*1-5-20-16(19)14-7-6-13(4)15(8-14)18-9-17(10-18,11-18)12(2)3;1-5-11(4)6-12-7-13(8-12,9-12)10(2)3;2*1-9(2)12-6-11(7-12,8-12)4-10(3)5-13/h6,8,12,15H,5,7,9-11H2,1-4H3;6-8,12H,5,9-11H2,1-4H3;5-6,10H,1,7-9H2,2-4H3;4,9,13H,5-8H2,1-3H3;4-5,9H,6-8H2,1-3H3/b;;11-6+;2*10-4+. The molecule has 15 saturated carbocycles. The lowest BCUT2D eigenvalue weighted by atomic mass is 9.29. The van der Waals surface area contributed by atoms with Crippen molar-refractivity contribution in [2.75, 3.05) is 19.8 Å². The Morgan fingerprint density at radius 1 is 0.608 bits per heavy atom. The van der Waals surface area contributed by atoms with Crippen molar-refractivity contribution >= 4 is 18.2 Å². The second-order valence-electron chi connectivity index (χ2n) is 31.0. The van der Waals surface area contributed by atoms with Gasteiger partial charge >= 0.3 is 11.9 Å². The molecule has 1 N–H and O–H groups in total. The fourth-order valence-electron chi connectivity index (χ4n) is 18.8. The Bertz CT molecular complexity index is 2510. The van der Waals surface area contributed by atoms with E-state index in [0.717, 1.165) is 64.4 Å². The molecule has 1 unspecified atom stereocenters. The molecule has 16 aliphatic carbocycles. The van der Waals surface area contributed by atoms with Crippen LogP contribution in [0.15, 0.2) is 89.1 Å². The molecule has 436 valence electrons. The summed E-state index contributed by atoms with van der Waals surface area (Å²) in [6, 6.07) is 6.04. The summed E-state index contributed by atoms with van der Waals surface area (Å²) in [6.45, 7) is 42.6. The number of ether oxygens (including phenoxy) is 2. The number of aliphatic hydroxyl groups is 1. The van der Waals surface area contributed by atoms with Crippen LogP contribution in [0.3, 0.4) is 0 Å². The van der Waals surface area contributed by atoms with Gasteiger partial charge in [-0.3, -0.25) is 4.79 Å². The lowest BCUT2D eigenvalue weighted by Gasteiger charge is -2.75. The first-order valence-electron chi connectivity index (χ1n) is 31.5. The van der Waals surface area contributed by atoms with Gasteiger partial charge in [-0.05, 0) is 264 Å². The predicted molar refractivity (Wildman–Crippen MR) is 325 cm³/mol. The molecule has 0 heterocycles. The van der Waals surface area contributed by atoms with Gasteiger partial charge in [0.2, 0.25) is 0 Å². The summed E-state index contributed by atoms with van der Waals surface area (Å²) < 4.78 is 10.3. The summed E-state index contributed by atoms with van der Waals surface area (Å²) in [6.07, 6.45) is 35.4. The second-order valence-corrected chi connectivity index (χ2v) is 31.0. The van der Waals surface area contributed by atoms with Crippen molar-refractivity contribution in [2.24, 2.45) is 84.2 Å². The summed E-state index contributed by atoms with van der Waals surface area (Å²) in [7, 11) is 0. The van der Waals surface area contributed by atoms with Gasteiger partial charge in [0.25, 0.3) is 0 Å². The normalized spacial score (nSPS) is 38.6. The molecule has 1 atom stereocenters. The van der Waals surface area contributed by atoms with Crippen molar-refractivity contribution in [3.63, 3.8) is 0 Å². The topological polar surface area (TPSA) is 89.9 Å². The maximum Gasteiger partial charge on any atom is 0.338 e. The maximum absolute atomic E-state index is 11.9. The Hall–Kier alpha value is -3.77. The van der Waals surface area contributed by atoms with Crippen LogP contribution in [0, 0.1) is 91.2 Å². The van der Waals surface area contributed by atoms with E-state index in [0.29, 0.717) is 73.4 Å². The molecular weight excluding hydrogens is 973 g/mol. The molecule has 1 aromatic carbocycles. The molecule has 0 saturated heterocycles. The smallest absolute Gasteiger partial charge is 0.338 e. The maximum atomic E-state index is 11.9. The fourth-order valence-corrected chi connectivity index (χ4v) is 18.8. The van der Waals surface area contributed by atoms with Gasteiger partial charge in [0.05, 0.1) is 25.4 Å². The monoisotopic (exact) mass is 1080 g/mol. The van der Waals surface area contributed by atoms with Gasteiger partial charge in [-0.15, -0.1) is 0 Å². The van der Waals surface area contributed by atoms with Crippen LogP contribution in [-0.2, 0) is 24.5 Å². The van der Waals surface area contributed by atoms with Crippen LogP contribution in [-0.4, -0.2) is 43.2 Å². The molecule has 0 aromatic heterocycles. The number of rotatable bonds is 17. The number of benzene rings is 1. The Labute approximate surface area is 480 Å². The molecule has 15 fully saturated rings. The minimum atomic E-state index is -0.195. The molecule has 0 radical (unpaired) electrons. The van der Waals surface area contributed by atoms with Gasteiger partial charge in [-0.1, -0.05) is 135 Å². The number of carbonyl (C=O) groups is 3. The highest BCUT2D eigenvalue weighted by molar-refractivity contribution is 5.90. The summed E-state index contributed by atoms with van der Waals surface area (Å²) in [5.74, 6) is 4.27. The second kappa shape index (κ2) is 21.8. The summed E-state index contributed by atoms with van der Waals surface area (Å²) in [4.78, 5) is 34.3. The average molecular weight is 1080 g/mol. The highest BCUT2D eigenvalue weighted by atomic mass is 16.5. The molecule has 17 rings (SSSR count). The van der Waals surface area contributed by atoms with Gasteiger partial charge in [-0.25, -0.2) is 9.59 Å². The number of allylic oxidation sites excluding steroid dienone is 9. The van der Waals surface area contributed by atoms with E-state index in [1.807, 2.05) is 39.8 Å². The molecule has 0 amide bonds. The van der Waals surface area contributed by atoms with Gasteiger partial charge in [0.1, 0.15) is 6.29 Å². The lowest BCUT2D eigenvalue weighted by molar-refractivity contribution is -0.244. The van der Waals surface area contributed by atoms with E-state index in [1.165, 1.54) is 119 Å². The first-order chi connectivity index (χ1) is 36.9. The van der Waals surface area contributed by atoms with Crippen LogP contribution >= 0.6 is 0 Å². The predicted octanol–water partition coefficient (Wildman–Crippen LogP) is 18.2. The molecule has 1 aromatic rings. The molecule has 79 heavy (non-hydrogen) atoms. The Kier molecular flexibility index (Phi) is 16.9. The van der Waals surface area contributed by atoms with E-state index >= 15 is 0 Å². The number of aliphatic hydroxyl groups excluding tert-OH is 1. The van der Waals surface area contributed by atoms with Crippen LogP contribution in [0.5, 0.6) is 0 Å². The number of hydrogen-bond acceptors (Lipinski definition) is 6. The number of hydrogen-bond donors (Lipinski definition) is 1. The van der Waals surface area contributed by atoms with Gasteiger partial charge in [0.15, 0.2) is 0 Å². The molecule has 16 aliphatic rings. The van der Waals surface area contributed by atoms with E-state index in [-0.39, 0.29) is 18.5 Å². The van der Waals surface area contributed by atoms with Crippen LogP contribution in [0.2, 0.25) is 0 Å². The van der Waals surface area contributed by atoms with E-state index in [2.05, 4.69) is 139 Å². The number of aryl methyl sites for hydroxylation is 1. The zero-order chi connectivity index (χ0) is 58.2. The van der Waals surface area contributed by atoms with Crippen molar-refractivity contribution in [2.45, 2.75) is 226 Å². The molecule has 6 nitrogen and oxygen atoms in total. The van der Waals surface area contributed by atoms with Crippen molar-refractivity contribution in [3.05, 3.63) is 106 Å². The van der Waals surface area contributed by atoms with Crippen LogP contribution in [0.25, 0.3) is 0 Å². The first kappa shape index (κ1) is 61.3. The summed E-state index contributed by atoms with van der Waals surface area (Å²) in [5.41, 5.74) is 14.8. The van der Waals surface area contributed by atoms with Crippen molar-refractivity contribution in [1.29, 1.82) is 0 Å². The molecule has 0 spiro atoms. The van der Waals surface area contributed by atoms with Crippen LogP contribution in [0.1, 0.15) is 235 Å². The minimum absolute atomic E-state index is 0.119. The number of carbonyl (C=O) groups excluding carboxylic acids is 3. The summed E-state index contributed by atoms with van der Waals surface area (Å²) >= 11 is 0. The quantitative estimate of drug-likeness (QED) is 0.0550. The molecule has 10 bridgehead atoms. The summed E-state index contributed by atoms with van der Waals surface area (Å²) in [5, 5.41) is 8.94. The Balaban J connectivity index is 0.000000132. The fraction of sp³-hybridized carbons (Fsp3) is 0.712. The number of esters is 2. The third-order valence-corrected chi connectivity index (χ3v) is 24.0. The highest BCUT2D eigenvalue weighted by Crippen LogP contribution is 2.81. The zero-order valence-corrected chi connectivity index (χ0v) is 52.9. The Morgan fingerprint density at radius 2 is 1.01 bits per heavy atom. The van der Waals surface area contributed by atoms with E-state index in [9.17, 15) is 14.4 Å². The molecule has 6 heteroatoms. The highest BCUT2D eigenvalue weighted by Gasteiger charge is 2.72. The third kappa shape index (κ3) is 10.8. The Morgan fingerprint density at radius 3 is 1.42 bits per heavy atom. The SMILES string of the molecule is C/C(=C\C12CC(C(C)C)(C1)C2)CO.C/C(C=O)=C\C12CC(C(C)C)(C1)C2.C=C/C(C)=C/C12CC(C(C)C)(C1)C2.CCOC(=O)C1=CC(C23CC(C(C)C)(C2)C3)C(C)=CC1.CCOC(=O)c1ccc(C)c(C23CC(C(C)C)(C2)C3)c1. The van der Waals surface area contributed by atoms with E-state index < -0.39 is 0 Å². The zero-order valence-electron chi connectivity index (χ0n) is 52.9. The van der Waals surface area contributed by atoms with Gasteiger partial charge < -0.3 is 14.6 Å².